The maximum absolute atomic E-state index is 3.49. The molecule has 30 valence electrons. The number of nitrogens with zero attached hydrogens (tertiary/aromatic N) is 2. The predicted molar refractivity (Wildman–Crippen MR) is 16.4 cm³/mol. The van der Waals surface area contributed by atoms with Crippen LogP contribution in [0.3, 0.4) is 0 Å². The molecule has 0 fully saturated rings. The SMILES string of the molecule is [Ce].c1cn[nH]n1. The third-order valence-electron chi connectivity index (χ3n) is 0.331. The molecule has 0 saturated carbocycles. The maximum Gasteiger partial charge on any atom is 0.0690 e. The average Bonchev–Trinajstić information content (AvgIpc) is 1.76. The maximum atomic E-state index is 3.49. The molecule has 1 heterocycles. The van der Waals surface area contributed by atoms with Gasteiger partial charge in [0.25, 0.3) is 0 Å². The number of H-pyrrole nitrogens is 1. The van der Waals surface area contributed by atoms with E-state index >= 15 is 0 Å². The van der Waals surface area contributed by atoms with Crippen LogP contribution in [-0.2, 0) is 0 Å². The summed E-state index contributed by atoms with van der Waals surface area (Å²) in [7, 11) is 0. The van der Waals surface area contributed by atoms with E-state index < -0.39 is 0 Å². The van der Waals surface area contributed by atoms with Crippen LogP contribution in [0.1, 0.15) is 0 Å². The van der Waals surface area contributed by atoms with E-state index in [1.807, 2.05) is 0 Å². The zero-order valence-electron chi connectivity index (χ0n) is 3.05. The second-order valence-electron chi connectivity index (χ2n) is 0.656. The van der Waals surface area contributed by atoms with Crippen LogP contribution < -0.4 is 0 Å². The van der Waals surface area contributed by atoms with E-state index in [1.165, 1.54) is 0 Å². The first kappa shape index (κ1) is 6.52. The monoisotopic (exact) mass is 209 g/mol. The minimum absolute atomic E-state index is 0. The molecular formula is C2H3CeN3. The molecule has 1 aromatic rings. The molecule has 0 aromatic carbocycles. The number of rotatable bonds is 0. The van der Waals surface area contributed by atoms with Gasteiger partial charge in [-0.2, -0.15) is 15.4 Å². The van der Waals surface area contributed by atoms with Crippen LogP contribution in [0.15, 0.2) is 12.4 Å². The number of aromatic nitrogens is 3. The third-order valence-corrected chi connectivity index (χ3v) is 0.331. The molecule has 4 heteroatoms. The van der Waals surface area contributed by atoms with E-state index in [-0.39, 0.29) is 41.7 Å². The molecule has 0 radical (unpaired) electrons. The zero-order chi connectivity index (χ0) is 3.54. The first-order valence-corrected chi connectivity index (χ1v) is 1.30. The number of nitrogens with one attached hydrogen (secondary N) is 1. The van der Waals surface area contributed by atoms with Crippen molar-refractivity contribution in [3.63, 3.8) is 0 Å². The van der Waals surface area contributed by atoms with Crippen molar-refractivity contribution in [2.45, 2.75) is 0 Å². The Morgan fingerprint density at radius 3 is 1.83 bits per heavy atom. The molecule has 0 spiro atoms. The summed E-state index contributed by atoms with van der Waals surface area (Å²) in [4.78, 5) is 0. The summed E-state index contributed by atoms with van der Waals surface area (Å²) < 4.78 is 0. The molecule has 0 amide bonds. The summed E-state index contributed by atoms with van der Waals surface area (Å²) in [5, 5.41) is 9.33. The van der Waals surface area contributed by atoms with E-state index in [9.17, 15) is 0 Å². The fraction of sp³-hybridized carbons (Fsp3) is 0. The molecule has 1 aromatic heterocycles. The van der Waals surface area contributed by atoms with Crippen molar-refractivity contribution in [1.29, 1.82) is 0 Å². The summed E-state index contributed by atoms with van der Waals surface area (Å²) >= 11 is 0. The number of aromatic amines is 1. The largest absolute Gasteiger partial charge is 0.198 e. The molecule has 1 rings (SSSR count). The van der Waals surface area contributed by atoms with Gasteiger partial charge in [-0.15, -0.1) is 0 Å². The Balaban J connectivity index is 0.000000250. The van der Waals surface area contributed by atoms with Crippen molar-refractivity contribution in [3.05, 3.63) is 12.4 Å². The summed E-state index contributed by atoms with van der Waals surface area (Å²) in [6.07, 6.45) is 3.17. The van der Waals surface area contributed by atoms with Crippen molar-refractivity contribution in [1.82, 2.24) is 15.4 Å². The molecule has 0 saturated heterocycles. The molecule has 0 bridgehead atoms. The van der Waals surface area contributed by atoms with Crippen LogP contribution in [0.2, 0.25) is 0 Å². The Hall–Kier alpha value is 0.517. The first-order chi connectivity index (χ1) is 2.50. The second kappa shape index (κ2) is 3.70. The fourth-order valence-corrected chi connectivity index (χ4v) is 0.167. The molecule has 0 aliphatic carbocycles. The summed E-state index contributed by atoms with van der Waals surface area (Å²) in [6, 6.07) is 0. The zero-order valence-corrected chi connectivity index (χ0v) is 6.19. The van der Waals surface area contributed by atoms with Gasteiger partial charge in [-0.1, -0.05) is 0 Å². The van der Waals surface area contributed by atoms with E-state index in [0.717, 1.165) is 0 Å². The van der Waals surface area contributed by atoms with Crippen molar-refractivity contribution in [2.24, 2.45) is 0 Å². The molecule has 0 atom stereocenters. The summed E-state index contributed by atoms with van der Waals surface area (Å²) in [6.45, 7) is 0. The average molecular weight is 209 g/mol. The van der Waals surface area contributed by atoms with Gasteiger partial charge in [0.2, 0.25) is 0 Å². The topological polar surface area (TPSA) is 41.6 Å². The molecule has 3 nitrogen and oxygen atoms in total. The third kappa shape index (κ3) is 1.84. The summed E-state index contributed by atoms with van der Waals surface area (Å²) in [5.74, 6) is 0. The Bertz CT molecular complexity index is 65.3. The molecule has 6 heavy (non-hydrogen) atoms. The number of hydrogen-bond donors (Lipinski definition) is 1. The standard InChI is InChI=1S/C2H3N3.Ce/c1-2-4-5-3-1;/h1-2H,(H,3,4,5);. The van der Waals surface area contributed by atoms with Gasteiger partial charge in [0.15, 0.2) is 0 Å². The van der Waals surface area contributed by atoms with E-state index in [0.29, 0.717) is 0 Å². The van der Waals surface area contributed by atoms with Gasteiger partial charge in [0.05, 0.1) is 12.4 Å². The van der Waals surface area contributed by atoms with Gasteiger partial charge in [0, 0.05) is 41.7 Å². The van der Waals surface area contributed by atoms with E-state index in [1.54, 1.807) is 12.4 Å². The Morgan fingerprint density at radius 1 is 1.17 bits per heavy atom. The van der Waals surface area contributed by atoms with Gasteiger partial charge in [-0.3, -0.25) is 0 Å². The smallest absolute Gasteiger partial charge is 0.0690 e. The predicted octanol–water partition coefficient (Wildman–Crippen LogP) is -0.195. The molecule has 1 N–H and O–H groups in total. The normalized spacial score (nSPS) is 6.67. The van der Waals surface area contributed by atoms with Crippen LogP contribution in [0.5, 0.6) is 0 Å². The van der Waals surface area contributed by atoms with Crippen LogP contribution >= 0.6 is 0 Å². The van der Waals surface area contributed by atoms with Gasteiger partial charge >= 0.3 is 0 Å². The van der Waals surface area contributed by atoms with Crippen molar-refractivity contribution >= 4 is 0 Å². The first-order valence-electron chi connectivity index (χ1n) is 1.30. The second-order valence-corrected chi connectivity index (χ2v) is 0.656. The van der Waals surface area contributed by atoms with E-state index in [4.69, 9.17) is 0 Å². The molecule has 0 aliphatic rings. The van der Waals surface area contributed by atoms with Gasteiger partial charge in [-0.05, 0) is 0 Å². The Morgan fingerprint density at radius 2 is 1.67 bits per heavy atom. The Kier molecular flexibility index (Phi) is 4.02. The van der Waals surface area contributed by atoms with Gasteiger partial charge in [0.1, 0.15) is 0 Å². The quantitative estimate of drug-likeness (QED) is 0.643. The minimum atomic E-state index is 0. The summed E-state index contributed by atoms with van der Waals surface area (Å²) in [5.41, 5.74) is 0. The van der Waals surface area contributed by atoms with Gasteiger partial charge < -0.3 is 0 Å². The number of hydrogen-bond acceptors (Lipinski definition) is 2. The minimum Gasteiger partial charge on any atom is -0.198 e. The van der Waals surface area contributed by atoms with Crippen molar-refractivity contribution < 1.29 is 41.7 Å². The van der Waals surface area contributed by atoms with Crippen LogP contribution in [0.4, 0.5) is 0 Å². The van der Waals surface area contributed by atoms with E-state index in [2.05, 4.69) is 15.4 Å². The van der Waals surface area contributed by atoms with Crippen LogP contribution in [0.25, 0.3) is 0 Å². The van der Waals surface area contributed by atoms with Crippen molar-refractivity contribution in [3.8, 4) is 0 Å². The van der Waals surface area contributed by atoms with Crippen LogP contribution in [-0.4, -0.2) is 15.4 Å². The molecule has 0 unspecified atom stereocenters. The Labute approximate surface area is 68.9 Å². The van der Waals surface area contributed by atoms with Gasteiger partial charge in [-0.25, -0.2) is 0 Å². The molecule has 0 aliphatic heterocycles. The van der Waals surface area contributed by atoms with Crippen LogP contribution in [0, 0.1) is 41.7 Å². The van der Waals surface area contributed by atoms with Crippen molar-refractivity contribution in [2.75, 3.05) is 0 Å². The fourth-order valence-electron chi connectivity index (χ4n) is 0.167. The molecular weight excluding hydrogens is 206 g/mol.